The van der Waals surface area contributed by atoms with E-state index in [9.17, 15) is 9.59 Å². The van der Waals surface area contributed by atoms with E-state index in [2.05, 4.69) is 0 Å². The Hall–Kier alpha value is -2.04. The lowest BCUT2D eigenvalue weighted by atomic mass is 9.78. The highest BCUT2D eigenvalue weighted by molar-refractivity contribution is 6.09. The van der Waals surface area contributed by atoms with E-state index in [0.29, 0.717) is 0 Å². The summed E-state index contributed by atoms with van der Waals surface area (Å²) in [4.78, 5) is 25.4. The second-order valence-corrected chi connectivity index (χ2v) is 5.40. The molecule has 5 nitrogen and oxygen atoms in total. The molecule has 1 aromatic rings. The van der Waals surface area contributed by atoms with Gasteiger partial charge < -0.3 is 14.4 Å². The van der Waals surface area contributed by atoms with Crippen molar-refractivity contribution in [2.75, 3.05) is 12.0 Å². The molecular formula is C14H15NO4. The molecule has 2 fully saturated rings. The van der Waals surface area contributed by atoms with Crippen molar-refractivity contribution in [1.82, 2.24) is 0 Å². The third kappa shape index (κ3) is 1.47. The predicted molar refractivity (Wildman–Crippen MR) is 67.9 cm³/mol. The maximum Gasteiger partial charge on any atom is 0.314 e. The first kappa shape index (κ1) is 12.0. The monoisotopic (exact) mass is 261 g/mol. The average molecular weight is 261 g/mol. The lowest BCUT2D eigenvalue weighted by Crippen LogP contribution is -2.67. The van der Waals surface area contributed by atoms with E-state index < -0.39 is 11.5 Å². The lowest BCUT2D eigenvalue weighted by molar-refractivity contribution is -0.152. The Bertz CT molecular complexity index is 549. The highest BCUT2D eigenvalue weighted by Crippen LogP contribution is 2.46. The van der Waals surface area contributed by atoms with Crippen LogP contribution in [-0.4, -0.2) is 31.1 Å². The van der Waals surface area contributed by atoms with Gasteiger partial charge in [-0.05, 0) is 38.1 Å². The maximum absolute atomic E-state index is 12.0. The van der Waals surface area contributed by atoms with Crippen LogP contribution in [0.4, 0.5) is 5.69 Å². The number of methoxy groups -OCH3 is 1. The van der Waals surface area contributed by atoms with E-state index in [-0.39, 0.29) is 17.9 Å². The minimum atomic E-state index is -0.668. The van der Waals surface area contributed by atoms with E-state index in [1.807, 2.05) is 26.0 Å². The van der Waals surface area contributed by atoms with E-state index in [1.165, 1.54) is 0 Å². The minimum absolute atomic E-state index is 0.158. The topological polar surface area (TPSA) is 55.8 Å². The molecule has 0 aliphatic carbocycles. The summed E-state index contributed by atoms with van der Waals surface area (Å²) in [5, 5.41) is 0. The lowest BCUT2D eigenvalue weighted by Gasteiger charge is -2.45. The highest BCUT2D eigenvalue weighted by Gasteiger charge is 2.65. The van der Waals surface area contributed by atoms with Gasteiger partial charge in [0.25, 0.3) is 5.91 Å². The Morgan fingerprint density at radius 1 is 1.21 bits per heavy atom. The number of carbonyl (C=O) groups excluding carboxylic acids is 2. The number of amides is 1. The smallest absolute Gasteiger partial charge is 0.314 e. The van der Waals surface area contributed by atoms with Crippen molar-refractivity contribution < 1.29 is 19.1 Å². The molecule has 2 aliphatic rings. The van der Waals surface area contributed by atoms with E-state index in [4.69, 9.17) is 9.47 Å². The summed E-state index contributed by atoms with van der Waals surface area (Å²) in [6.45, 7) is 3.62. The van der Waals surface area contributed by atoms with Gasteiger partial charge in [0.15, 0.2) is 0 Å². The molecule has 0 bridgehead atoms. The van der Waals surface area contributed by atoms with E-state index in [1.54, 1.807) is 24.1 Å². The van der Waals surface area contributed by atoms with Gasteiger partial charge in [0.1, 0.15) is 5.75 Å². The first-order chi connectivity index (χ1) is 8.96. The molecule has 0 aromatic heterocycles. The quantitative estimate of drug-likeness (QED) is 0.596. The second-order valence-electron chi connectivity index (χ2n) is 5.40. The molecule has 3 rings (SSSR count). The molecule has 100 valence electrons. The molecule has 2 saturated heterocycles. The second kappa shape index (κ2) is 3.73. The number of fused-ring (bicyclic) bond motifs is 1. The van der Waals surface area contributed by atoms with Crippen molar-refractivity contribution >= 4 is 17.6 Å². The molecule has 1 aromatic carbocycles. The van der Waals surface area contributed by atoms with Crippen LogP contribution in [0.2, 0.25) is 0 Å². The molecule has 5 heteroatoms. The molecular weight excluding hydrogens is 246 g/mol. The zero-order chi connectivity index (χ0) is 13.8. The van der Waals surface area contributed by atoms with Crippen LogP contribution >= 0.6 is 0 Å². The zero-order valence-electron chi connectivity index (χ0n) is 11.0. The van der Waals surface area contributed by atoms with Gasteiger partial charge in [-0.15, -0.1) is 0 Å². The van der Waals surface area contributed by atoms with Crippen LogP contribution in [0.1, 0.15) is 13.8 Å². The fourth-order valence-corrected chi connectivity index (χ4v) is 2.70. The summed E-state index contributed by atoms with van der Waals surface area (Å²) in [6, 6.07) is 6.99. The van der Waals surface area contributed by atoms with Gasteiger partial charge in [0.2, 0.25) is 6.10 Å². The molecule has 0 saturated carbocycles. The number of nitrogens with zero attached hydrogens (tertiary/aromatic N) is 1. The molecule has 2 aliphatic heterocycles. The number of esters is 1. The molecule has 0 unspecified atom stereocenters. The van der Waals surface area contributed by atoms with Crippen molar-refractivity contribution in [3.05, 3.63) is 24.3 Å². The Balaban J connectivity index is 1.93. The first-order valence-corrected chi connectivity index (χ1v) is 6.15. The van der Waals surface area contributed by atoms with Crippen LogP contribution < -0.4 is 9.64 Å². The Labute approximate surface area is 111 Å². The van der Waals surface area contributed by atoms with Crippen molar-refractivity contribution in [2.45, 2.75) is 26.0 Å². The van der Waals surface area contributed by atoms with Crippen molar-refractivity contribution in [2.24, 2.45) is 5.41 Å². The van der Waals surface area contributed by atoms with Gasteiger partial charge in [-0.3, -0.25) is 9.59 Å². The molecule has 2 atom stereocenters. The van der Waals surface area contributed by atoms with Gasteiger partial charge in [-0.25, -0.2) is 0 Å². The third-order valence-electron chi connectivity index (χ3n) is 3.90. The van der Waals surface area contributed by atoms with Crippen molar-refractivity contribution in [3.63, 3.8) is 0 Å². The average Bonchev–Trinajstić information content (AvgIpc) is 2.60. The third-order valence-corrected chi connectivity index (χ3v) is 3.90. The number of rotatable bonds is 2. The largest absolute Gasteiger partial charge is 0.497 e. The van der Waals surface area contributed by atoms with Crippen molar-refractivity contribution in [3.8, 4) is 5.75 Å². The zero-order valence-corrected chi connectivity index (χ0v) is 11.0. The molecule has 0 spiro atoms. The molecule has 0 N–H and O–H groups in total. The Kier molecular flexibility index (Phi) is 2.36. The van der Waals surface area contributed by atoms with Crippen LogP contribution in [0, 0.1) is 5.41 Å². The van der Waals surface area contributed by atoms with Gasteiger partial charge in [-0.1, -0.05) is 0 Å². The number of benzene rings is 1. The number of anilines is 1. The standard InChI is InChI=1S/C14H15NO4/c1-14(2)11-10(19-13(14)17)12(16)15(11)8-4-6-9(18-3)7-5-8/h4-7,10-11H,1-3H3/t10-,11-/m0/s1. The fourth-order valence-electron chi connectivity index (χ4n) is 2.70. The molecule has 19 heavy (non-hydrogen) atoms. The SMILES string of the molecule is COc1ccc(N2C(=O)[C@H]3OC(=O)C(C)(C)[C@H]32)cc1. The summed E-state index contributed by atoms with van der Waals surface area (Å²) in [7, 11) is 1.59. The van der Waals surface area contributed by atoms with Crippen LogP contribution in [0.5, 0.6) is 5.75 Å². The first-order valence-electron chi connectivity index (χ1n) is 6.15. The fraction of sp³-hybridized carbons (Fsp3) is 0.429. The summed E-state index contributed by atoms with van der Waals surface area (Å²) in [6.07, 6.45) is -0.621. The Morgan fingerprint density at radius 2 is 1.84 bits per heavy atom. The predicted octanol–water partition coefficient (Wildman–Crippen LogP) is 1.36. The van der Waals surface area contributed by atoms with Gasteiger partial charge in [0.05, 0.1) is 18.6 Å². The summed E-state index contributed by atoms with van der Waals surface area (Å²) in [5.41, 5.74) is 0.0943. The van der Waals surface area contributed by atoms with Crippen molar-refractivity contribution in [1.29, 1.82) is 0 Å². The minimum Gasteiger partial charge on any atom is -0.497 e. The van der Waals surface area contributed by atoms with Gasteiger partial charge in [0, 0.05) is 5.69 Å². The van der Waals surface area contributed by atoms with Gasteiger partial charge >= 0.3 is 5.97 Å². The molecule has 1 amide bonds. The Morgan fingerprint density at radius 3 is 2.42 bits per heavy atom. The summed E-state index contributed by atoms with van der Waals surface area (Å²) in [5.74, 6) is 0.257. The van der Waals surface area contributed by atoms with E-state index in [0.717, 1.165) is 11.4 Å². The number of carbonyl (C=O) groups is 2. The van der Waals surface area contributed by atoms with Crippen LogP contribution in [0.3, 0.4) is 0 Å². The summed E-state index contributed by atoms with van der Waals surface area (Å²) < 4.78 is 10.2. The normalized spacial score (nSPS) is 27.6. The number of ether oxygens (including phenoxy) is 2. The van der Waals surface area contributed by atoms with Crippen LogP contribution in [-0.2, 0) is 14.3 Å². The molecule has 2 heterocycles. The highest BCUT2D eigenvalue weighted by atomic mass is 16.6. The molecule has 0 radical (unpaired) electrons. The summed E-state index contributed by atoms with van der Waals surface area (Å²) >= 11 is 0. The number of hydrogen-bond donors (Lipinski definition) is 0. The van der Waals surface area contributed by atoms with E-state index >= 15 is 0 Å². The van der Waals surface area contributed by atoms with Crippen LogP contribution in [0.15, 0.2) is 24.3 Å². The number of hydrogen-bond acceptors (Lipinski definition) is 4. The maximum atomic E-state index is 12.0. The van der Waals surface area contributed by atoms with Gasteiger partial charge in [-0.2, -0.15) is 0 Å². The number of β-lactam (4-membered cyclic amide) rings is 1. The van der Waals surface area contributed by atoms with Crippen LogP contribution in [0.25, 0.3) is 0 Å².